The maximum Gasteiger partial charge on any atom is 0.227 e. The molecule has 5 heteroatoms. The molecule has 3 rings (SSSR count). The highest BCUT2D eigenvalue weighted by Crippen LogP contribution is 2.29. The van der Waals surface area contributed by atoms with Gasteiger partial charge in [-0.05, 0) is 55.7 Å². The lowest BCUT2D eigenvalue weighted by Crippen LogP contribution is -2.28. The van der Waals surface area contributed by atoms with Crippen molar-refractivity contribution in [3.05, 3.63) is 53.6 Å². The Balaban J connectivity index is 1.53. The van der Waals surface area contributed by atoms with Crippen molar-refractivity contribution in [2.24, 2.45) is 0 Å². The minimum Gasteiger partial charge on any atom is -0.491 e. The van der Waals surface area contributed by atoms with Crippen LogP contribution in [0.2, 0.25) is 0 Å². The Hall–Kier alpha value is -2.82. The number of ether oxygens (including phenoxy) is 1. The number of Topliss-reactive ketones (excluding diaryl/α,β-unsaturated/α-hetero) is 1. The highest BCUT2D eigenvalue weighted by atomic mass is 16.5. The molecule has 2 N–H and O–H groups in total. The average Bonchev–Trinajstić information content (AvgIpc) is 3.03. The summed E-state index contributed by atoms with van der Waals surface area (Å²) in [5, 5.41) is 0. The number of carbonyl (C=O) groups is 2. The molecule has 0 aliphatic carbocycles. The minimum atomic E-state index is 0.0462. The summed E-state index contributed by atoms with van der Waals surface area (Å²) in [6.07, 6.45) is 1.84. The van der Waals surface area contributed by atoms with Gasteiger partial charge in [0.25, 0.3) is 0 Å². The number of benzene rings is 2. The monoisotopic (exact) mass is 338 g/mol. The normalized spacial score (nSPS) is 12.8. The number of carbonyl (C=O) groups excluding carboxylic acids is 2. The van der Waals surface area contributed by atoms with Gasteiger partial charge in [0.05, 0.1) is 12.3 Å². The summed E-state index contributed by atoms with van der Waals surface area (Å²) < 4.78 is 5.63. The van der Waals surface area contributed by atoms with Crippen molar-refractivity contribution < 1.29 is 14.3 Å². The summed E-state index contributed by atoms with van der Waals surface area (Å²) in [5.74, 6) is 0.780. The van der Waals surface area contributed by atoms with Crippen LogP contribution in [0.15, 0.2) is 42.5 Å². The summed E-state index contributed by atoms with van der Waals surface area (Å²) in [5.41, 5.74) is 9.11. The van der Waals surface area contributed by atoms with Crippen LogP contribution < -0.4 is 15.4 Å². The first kappa shape index (κ1) is 17.0. The van der Waals surface area contributed by atoms with E-state index in [1.807, 2.05) is 30.3 Å². The number of rotatable bonds is 6. The first-order chi connectivity index (χ1) is 12.1. The number of nitrogens with two attached hydrogens (primary N) is 1. The van der Waals surface area contributed by atoms with E-state index in [1.165, 1.54) is 0 Å². The molecule has 0 aromatic heterocycles. The van der Waals surface area contributed by atoms with Crippen molar-refractivity contribution in [1.82, 2.24) is 0 Å². The lowest BCUT2D eigenvalue weighted by atomic mass is 10.1. The van der Waals surface area contributed by atoms with Gasteiger partial charge in [-0.3, -0.25) is 9.59 Å². The molecule has 2 aromatic carbocycles. The van der Waals surface area contributed by atoms with Crippen molar-refractivity contribution in [1.29, 1.82) is 0 Å². The van der Waals surface area contributed by atoms with Crippen LogP contribution in [0.1, 0.15) is 35.7 Å². The molecule has 2 aromatic rings. The molecule has 1 amide bonds. The van der Waals surface area contributed by atoms with Gasteiger partial charge in [-0.2, -0.15) is 0 Å². The zero-order valence-electron chi connectivity index (χ0n) is 14.3. The lowest BCUT2D eigenvalue weighted by molar-refractivity contribution is -0.118. The minimum absolute atomic E-state index is 0.0462. The number of nitrogen functional groups attached to an aromatic ring is 1. The molecule has 25 heavy (non-hydrogen) atoms. The van der Waals surface area contributed by atoms with Crippen LogP contribution in [0.5, 0.6) is 5.75 Å². The average molecular weight is 338 g/mol. The van der Waals surface area contributed by atoms with Gasteiger partial charge >= 0.3 is 0 Å². The number of hydrogen-bond donors (Lipinski definition) is 1. The third kappa shape index (κ3) is 3.82. The van der Waals surface area contributed by atoms with Gasteiger partial charge in [0.15, 0.2) is 5.78 Å². The van der Waals surface area contributed by atoms with Crippen LogP contribution in [-0.4, -0.2) is 24.8 Å². The van der Waals surface area contributed by atoms with Gasteiger partial charge in [0.1, 0.15) is 5.75 Å². The fourth-order valence-electron chi connectivity index (χ4n) is 3.03. The maximum atomic E-state index is 12.5. The van der Waals surface area contributed by atoms with Crippen LogP contribution >= 0.6 is 0 Å². The van der Waals surface area contributed by atoms with Gasteiger partial charge in [0, 0.05) is 24.2 Å². The Morgan fingerprint density at radius 3 is 2.76 bits per heavy atom. The van der Waals surface area contributed by atoms with E-state index in [9.17, 15) is 9.59 Å². The van der Waals surface area contributed by atoms with Crippen molar-refractivity contribution in [2.75, 3.05) is 23.8 Å². The van der Waals surface area contributed by atoms with E-state index >= 15 is 0 Å². The van der Waals surface area contributed by atoms with E-state index in [4.69, 9.17) is 10.5 Å². The highest BCUT2D eigenvalue weighted by Gasteiger charge is 2.24. The van der Waals surface area contributed by atoms with Gasteiger partial charge in [-0.1, -0.05) is 12.1 Å². The van der Waals surface area contributed by atoms with E-state index in [0.717, 1.165) is 17.7 Å². The van der Waals surface area contributed by atoms with Crippen LogP contribution in [-0.2, 0) is 11.2 Å². The second-order valence-electron chi connectivity index (χ2n) is 6.18. The van der Waals surface area contributed by atoms with E-state index in [0.29, 0.717) is 43.0 Å². The van der Waals surface area contributed by atoms with Crippen LogP contribution in [0.3, 0.4) is 0 Å². The second-order valence-corrected chi connectivity index (χ2v) is 6.18. The van der Waals surface area contributed by atoms with Crippen LogP contribution in [0, 0.1) is 0 Å². The molecular weight excluding hydrogens is 316 g/mol. The SMILES string of the molecule is CC(=O)c1ccc2c(c1)CCN2C(=O)CCCOc1ccccc1N. The quantitative estimate of drug-likeness (QED) is 0.499. The van der Waals surface area contributed by atoms with E-state index in [1.54, 1.807) is 24.0 Å². The van der Waals surface area contributed by atoms with E-state index in [2.05, 4.69) is 0 Å². The number of fused-ring (bicyclic) bond motifs is 1. The summed E-state index contributed by atoms with van der Waals surface area (Å²) in [6.45, 7) is 2.67. The Morgan fingerprint density at radius 1 is 1.20 bits per heavy atom. The molecular formula is C20H22N2O3. The fourth-order valence-corrected chi connectivity index (χ4v) is 3.03. The topological polar surface area (TPSA) is 72.6 Å². The highest BCUT2D eigenvalue weighted by molar-refractivity contribution is 5.98. The molecule has 1 heterocycles. The van der Waals surface area contributed by atoms with Gasteiger partial charge in [-0.25, -0.2) is 0 Å². The van der Waals surface area contributed by atoms with E-state index < -0.39 is 0 Å². The number of amides is 1. The lowest BCUT2D eigenvalue weighted by Gasteiger charge is -2.17. The fraction of sp³-hybridized carbons (Fsp3) is 0.300. The molecule has 0 atom stereocenters. The van der Waals surface area contributed by atoms with E-state index in [-0.39, 0.29) is 11.7 Å². The standard InChI is InChI=1S/C20H22N2O3/c1-14(23)15-8-9-18-16(13-15)10-11-22(18)20(24)7-4-12-25-19-6-3-2-5-17(19)21/h2-3,5-6,8-9,13H,4,7,10-12,21H2,1H3. The molecule has 0 radical (unpaired) electrons. The Bertz CT molecular complexity index is 801. The van der Waals surface area contributed by atoms with Gasteiger partial charge in [-0.15, -0.1) is 0 Å². The van der Waals surface area contributed by atoms with Gasteiger partial charge < -0.3 is 15.4 Å². The number of para-hydroxylation sites is 2. The number of anilines is 2. The smallest absolute Gasteiger partial charge is 0.227 e. The molecule has 1 aliphatic rings. The Labute approximate surface area is 147 Å². The predicted octanol–water partition coefficient (Wildman–Crippen LogP) is 3.22. The summed E-state index contributed by atoms with van der Waals surface area (Å²) in [7, 11) is 0. The molecule has 0 fully saturated rings. The number of ketones is 1. The van der Waals surface area contributed by atoms with Crippen molar-refractivity contribution in [3.8, 4) is 5.75 Å². The van der Waals surface area contributed by atoms with Crippen molar-refractivity contribution in [3.63, 3.8) is 0 Å². The Kier molecular flexibility index (Phi) is 5.03. The number of hydrogen-bond acceptors (Lipinski definition) is 4. The molecule has 5 nitrogen and oxygen atoms in total. The molecule has 130 valence electrons. The Morgan fingerprint density at radius 2 is 2.00 bits per heavy atom. The molecule has 0 saturated carbocycles. The summed E-state index contributed by atoms with van der Waals surface area (Å²) in [6, 6.07) is 12.9. The zero-order valence-corrected chi connectivity index (χ0v) is 14.3. The number of nitrogens with zero attached hydrogens (tertiary/aromatic N) is 1. The molecule has 1 aliphatic heterocycles. The molecule has 0 spiro atoms. The maximum absolute atomic E-state index is 12.5. The predicted molar refractivity (Wildman–Crippen MR) is 98.1 cm³/mol. The van der Waals surface area contributed by atoms with Crippen LogP contribution in [0.25, 0.3) is 0 Å². The van der Waals surface area contributed by atoms with Crippen LogP contribution in [0.4, 0.5) is 11.4 Å². The first-order valence-electron chi connectivity index (χ1n) is 8.48. The second kappa shape index (κ2) is 7.38. The largest absolute Gasteiger partial charge is 0.491 e. The molecule has 0 bridgehead atoms. The summed E-state index contributed by atoms with van der Waals surface area (Å²) in [4.78, 5) is 25.8. The molecule has 0 unspecified atom stereocenters. The van der Waals surface area contributed by atoms with Crippen molar-refractivity contribution in [2.45, 2.75) is 26.2 Å². The first-order valence-corrected chi connectivity index (χ1v) is 8.48. The zero-order chi connectivity index (χ0) is 17.8. The van der Waals surface area contributed by atoms with Crippen molar-refractivity contribution >= 4 is 23.1 Å². The third-order valence-electron chi connectivity index (χ3n) is 4.39. The van der Waals surface area contributed by atoms with Gasteiger partial charge in [0.2, 0.25) is 5.91 Å². The third-order valence-corrected chi connectivity index (χ3v) is 4.39. The molecule has 0 saturated heterocycles. The summed E-state index contributed by atoms with van der Waals surface area (Å²) >= 11 is 0.